The van der Waals surface area contributed by atoms with Crippen molar-refractivity contribution in [2.45, 2.75) is 38.0 Å². The van der Waals surface area contributed by atoms with Crippen LogP contribution in [0.2, 0.25) is 0 Å². The van der Waals surface area contributed by atoms with Crippen LogP contribution in [0.1, 0.15) is 39.9 Å². The summed E-state index contributed by atoms with van der Waals surface area (Å²) in [5.74, 6) is -1.02. The van der Waals surface area contributed by atoms with Crippen LogP contribution in [0.25, 0.3) is 0 Å². The first kappa shape index (κ1) is 24.1. The topological polar surface area (TPSA) is 66.5 Å². The molecule has 0 saturated carbocycles. The van der Waals surface area contributed by atoms with E-state index in [1.807, 2.05) is 38.1 Å². The number of nitrogens with one attached hydrogen (secondary N) is 1. The number of benzene rings is 3. The van der Waals surface area contributed by atoms with Crippen LogP contribution in [-0.2, 0) is 16.4 Å². The van der Waals surface area contributed by atoms with Crippen molar-refractivity contribution in [3.63, 3.8) is 0 Å². The number of aryl methyl sites for hydroxylation is 1. The Morgan fingerprint density at radius 3 is 2.41 bits per heavy atom. The highest BCUT2D eigenvalue weighted by Crippen LogP contribution is 2.27. The van der Waals surface area contributed by atoms with Crippen molar-refractivity contribution in [3.05, 3.63) is 94.8 Å². The summed E-state index contributed by atoms with van der Waals surface area (Å²) < 4.78 is 42.5. The molecule has 4 rings (SSSR count). The van der Waals surface area contributed by atoms with Gasteiger partial charge in [0.05, 0.1) is 10.5 Å². The van der Waals surface area contributed by atoms with Gasteiger partial charge in [-0.1, -0.05) is 42.5 Å². The Morgan fingerprint density at radius 1 is 1.00 bits per heavy atom. The van der Waals surface area contributed by atoms with E-state index in [2.05, 4.69) is 17.4 Å². The van der Waals surface area contributed by atoms with E-state index in [-0.39, 0.29) is 10.5 Å². The second-order valence-electron chi connectivity index (χ2n) is 8.88. The first-order chi connectivity index (χ1) is 16.3. The SMILES string of the molecule is Cc1cccc(NC(=O)c2cc(S(=O)(=O)N3CCC(Cc4ccccc4)CC3)ccc2F)c1C. The van der Waals surface area contributed by atoms with E-state index in [0.717, 1.165) is 42.5 Å². The summed E-state index contributed by atoms with van der Waals surface area (Å²) in [6.45, 7) is 4.59. The highest BCUT2D eigenvalue weighted by Gasteiger charge is 2.30. The predicted octanol–water partition coefficient (Wildman–Crippen LogP) is 5.34. The summed E-state index contributed by atoms with van der Waals surface area (Å²) in [4.78, 5) is 12.7. The number of anilines is 1. The lowest BCUT2D eigenvalue weighted by Gasteiger charge is -2.31. The van der Waals surface area contributed by atoms with Crippen molar-refractivity contribution < 1.29 is 17.6 Å². The number of rotatable bonds is 6. The van der Waals surface area contributed by atoms with Crippen LogP contribution in [-0.4, -0.2) is 31.7 Å². The number of amides is 1. The lowest BCUT2D eigenvalue weighted by molar-refractivity contribution is 0.102. The molecule has 0 bridgehead atoms. The normalized spacial score (nSPS) is 15.3. The number of carbonyl (C=O) groups excluding carboxylic acids is 1. The van der Waals surface area contributed by atoms with Crippen LogP contribution in [0.15, 0.2) is 71.6 Å². The Morgan fingerprint density at radius 2 is 1.71 bits per heavy atom. The Balaban J connectivity index is 1.48. The van der Waals surface area contributed by atoms with Crippen molar-refractivity contribution in [2.75, 3.05) is 18.4 Å². The summed E-state index contributed by atoms with van der Waals surface area (Å²) in [5.41, 5.74) is 3.39. The molecule has 1 saturated heterocycles. The second-order valence-corrected chi connectivity index (χ2v) is 10.8. The van der Waals surface area contributed by atoms with Crippen molar-refractivity contribution in [1.29, 1.82) is 0 Å². The lowest BCUT2D eigenvalue weighted by Crippen LogP contribution is -2.39. The molecule has 0 unspecified atom stereocenters. The third-order valence-electron chi connectivity index (χ3n) is 6.61. The number of hydrogen-bond donors (Lipinski definition) is 1. The van der Waals surface area contributed by atoms with Crippen LogP contribution in [0.3, 0.4) is 0 Å². The number of piperidine rings is 1. The molecular formula is C27H29FN2O3S. The maximum atomic E-state index is 14.5. The van der Waals surface area contributed by atoms with E-state index in [1.54, 1.807) is 12.1 Å². The van der Waals surface area contributed by atoms with Gasteiger partial charge in [-0.2, -0.15) is 4.31 Å². The molecule has 3 aromatic carbocycles. The van der Waals surface area contributed by atoms with Gasteiger partial charge in [0.25, 0.3) is 5.91 Å². The van der Waals surface area contributed by atoms with Gasteiger partial charge in [-0.25, -0.2) is 12.8 Å². The molecule has 1 N–H and O–H groups in total. The minimum atomic E-state index is -3.83. The summed E-state index contributed by atoms with van der Waals surface area (Å²) in [5, 5.41) is 2.71. The van der Waals surface area contributed by atoms with Gasteiger partial charge in [-0.3, -0.25) is 4.79 Å². The Bertz CT molecular complexity index is 1280. The molecule has 5 nitrogen and oxygen atoms in total. The molecule has 0 aliphatic carbocycles. The average molecular weight is 481 g/mol. The largest absolute Gasteiger partial charge is 0.322 e. The van der Waals surface area contributed by atoms with Crippen molar-refractivity contribution in [2.24, 2.45) is 5.92 Å². The highest BCUT2D eigenvalue weighted by molar-refractivity contribution is 7.89. The molecular weight excluding hydrogens is 451 g/mol. The molecule has 0 atom stereocenters. The van der Waals surface area contributed by atoms with Crippen LogP contribution < -0.4 is 5.32 Å². The van der Waals surface area contributed by atoms with Gasteiger partial charge in [0, 0.05) is 18.8 Å². The molecule has 1 aliphatic rings. The van der Waals surface area contributed by atoms with Crippen LogP contribution in [0.4, 0.5) is 10.1 Å². The molecule has 178 valence electrons. The summed E-state index contributed by atoms with van der Waals surface area (Å²) in [6.07, 6.45) is 2.44. The lowest BCUT2D eigenvalue weighted by atomic mass is 9.91. The Hall–Kier alpha value is -3.03. The standard InChI is InChI=1S/C27H29FN2O3S/c1-19-7-6-10-26(20(19)2)29-27(31)24-18-23(11-12-25(24)28)34(32,33)30-15-13-22(14-16-30)17-21-8-4-3-5-9-21/h3-12,18,22H,13-17H2,1-2H3,(H,29,31). The first-order valence-electron chi connectivity index (χ1n) is 11.5. The van der Waals surface area contributed by atoms with Gasteiger partial charge >= 0.3 is 0 Å². The molecule has 0 aromatic heterocycles. The molecule has 7 heteroatoms. The van der Waals surface area contributed by atoms with E-state index in [4.69, 9.17) is 0 Å². The van der Waals surface area contributed by atoms with Gasteiger partial charge in [0.15, 0.2) is 0 Å². The molecule has 0 radical (unpaired) electrons. The average Bonchev–Trinajstić information content (AvgIpc) is 2.83. The number of hydrogen-bond acceptors (Lipinski definition) is 3. The molecule has 1 amide bonds. The number of carbonyl (C=O) groups is 1. The highest BCUT2D eigenvalue weighted by atomic mass is 32.2. The van der Waals surface area contributed by atoms with E-state index in [1.165, 1.54) is 15.9 Å². The quantitative estimate of drug-likeness (QED) is 0.518. The first-order valence-corrected chi connectivity index (χ1v) is 12.9. The van der Waals surface area contributed by atoms with Gasteiger partial charge < -0.3 is 5.32 Å². The van der Waals surface area contributed by atoms with Gasteiger partial charge in [0.1, 0.15) is 5.82 Å². The van der Waals surface area contributed by atoms with Gasteiger partial charge in [0.2, 0.25) is 10.0 Å². The third-order valence-corrected chi connectivity index (χ3v) is 8.51. The van der Waals surface area contributed by atoms with E-state index in [9.17, 15) is 17.6 Å². The minimum absolute atomic E-state index is 0.0680. The fourth-order valence-corrected chi connectivity index (χ4v) is 5.86. The fraction of sp³-hybridized carbons (Fsp3) is 0.296. The summed E-state index contributed by atoms with van der Waals surface area (Å²) in [7, 11) is -3.83. The second kappa shape index (κ2) is 10.1. The molecule has 1 heterocycles. The van der Waals surface area contributed by atoms with Gasteiger partial charge in [-0.05, 0) is 80.0 Å². The number of sulfonamides is 1. The van der Waals surface area contributed by atoms with E-state index in [0.29, 0.717) is 24.7 Å². The zero-order chi connectivity index (χ0) is 24.3. The smallest absolute Gasteiger partial charge is 0.258 e. The van der Waals surface area contributed by atoms with Crippen LogP contribution in [0, 0.1) is 25.6 Å². The fourth-order valence-electron chi connectivity index (χ4n) is 4.37. The van der Waals surface area contributed by atoms with Crippen molar-refractivity contribution in [3.8, 4) is 0 Å². The zero-order valence-corrected chi connectivity index (χ0v) is 20.2. The van der Waals surface area contributed by atoms with Crippen molar-refractivity contribution in [1.82, 2.24) is 4.31 Å². The molecule has 0 spiro atoms. The van der Waals surface area contributed by atoms with Crippen molar-refractivity contribution >= 4 is 21.6 Å². The maximum Gasteiger partial charge on any atom is 0.258 e. The van der Waals surface area contributed by atoms with E-state index < -0.39 is 21.7 Å². The molecule has 34 heavy (non-hydrogen) atoms. The summed E-state index contributed by atoms with van der Waals surface area (Å²) >= 11 is 0. The third kappa shape index (κ3) is 5.21. The monoisotopic (exact) mass is 480 g/mol. The molecule has 1 aliphatic heterocycles. The Kier molecular flexibility index (Phi) is 7.14. The van der Waals surface area contributed by atoms with Gasteiger partial charge in [-0.15, -0.1) is 0 Å². The number of halogens is 1. The van der Waals surface area contributed by atoms with E-state index >= 15 is 0 Å². The summed E-state index contributed by atoms with van der Waals surface area (Å²) in [6, 6.07) is 19.1. The number of nitrogens with zero attached hydrogens (tertiary/aromatic N) is 1. The molecule has 3 aromatic rings. The minimum Gasteiger partial charge on any atom is -0.322 e. The van der Waals surface area contributed by atoms with Crippen LogP contribution >= 0.6 is 0 Å². The predicted molar refractivity (Wildman–Crippen MR) is 132 cm³/mol. The van der Waals surface area contributed by atoms with Crippen LogP contribution in [0.5, 0.6) is 0 Å². The molecule has 1 fully saturated rings. The zero-order valence-electron chi connectivity index (χ0n) is 19.4. The Labute approximate surface area is 200 Å². The maximum absolute atomic E-state index is 14.5.